The van der Waals surface area contributed by atoms with E-state index in [9.17, 15) is 0 Å². The van der Waals surface area contributed by atoms with Crippen molar-refractivity contribution < 1.29 is 4.74 Å². The van der Waals surface area contributed by atoms with Gasteiger partial charge in [-0.2, -0.15) is 0 Å². The van der Waals surface area contributed by atoms with Crippen LogP contribution in [0.2, 0.25) is 0 Å². The summed E-state index contributed by atoms with van der Waals surface area (Å²) in [7, 11) is 0. The summed E-state index contributed by atoms with van der Waals surface area (Å²) in [6.45, 7) is 9.52. The highest BCUT2D eigenvalue weighted by molar-refractivity contribution is 4.81. The Morgan fingerprint density at radius 3 is 2.53 bits per heavy atom. The van der Waals surface area contributed by atoms with Crippen molar-refractivity contribution in [2.24, 2.45) is 17.6 Å². The smallest absolute Gasteiger partial charge is 0.0598 e. The summed E-state index contributed by atoms with van der Waals surface area (Å²) in [5.41, 5.74) is 6.13. The lowest BCUT2D eigenvalue weighted by atomic mass is 9.78. The summed E-state index contributed by atoms with van der Waals surface area (Å²) in [5, 5.41) is 0. The van der Waals surface area contributed by atoms with Crippen molar-refractivity contribution in [1.29, 1.82) is 0 Å². The van der Waals surface area contributed by atoms with E-state index in [1.807, 2.05) is 0 Å². The first-order valence-electron chi connectivity index (χ1n) is 6.28. The van der Waals surface area contributed by atoms with Crippen molar-refractivity contribution in [2.75, 3.05) is 6.61 Å². The zero-order chi connectivity index (χ0) is 11.5. The molecule has 2 nitrogen and oxygen atoms in total. The molecule has 0 aromatic carbocycles. The molecule has 1 aliphatic carbocycles. The Morgan fingerprint density at radius 2 is 1.93 bits per heavy atom. The normalized spacial score (nSPS) is 33.0. The Kier molecular flexibility index (Phi) is 4.60. The highest BCUT2D eigenvalue weighted by Crippen LogP contribution is 2.30. The SMILES string of the molecule is CC1CCC(N)C(CCOC(C)(C)C)C1. The molecule has 15 heavy (non-hydrogen) atoms. The minimum Gasteiger partial charge on any atom is -0.376 e. The molecule has 1 fully saturated rings. The van der Waals surface area contributed by atoms with E-state index in [2.05, 4.69) is 27.7 Å². The molecule has 2 heteroatoms. The van der Waals surface area contributed by atoms with E-state index < -0.39 is 0 Å². The fourth-order valence-corrected chi connectivity index (χ4v) is 2.37. The van der Waals surface area contributed by atoms with Gasteiger partial charge in [0.25, 0.3) is 0 Å². The standard InChI is InChI=1S/C13H27NO/c1-10-5-6-12(14)11(9-10)7-8-15-13(2,3)4/h10-12H,5-9,14H2,1-4H3. The quantitative estimate of drug-likeness (QED) is 0.782. The minimum absolute atomic E-state index is 0.00955. The van der Waals surface area contributed by atoms with Crippen molar-refractivity contribution in [2.45, 2.75) is 65.0 Å². The van der Waals surface area contributed by atoms with Gasteiger partial charge >= 0.3 is 0 Å². The van der Waals surface area contributed by atoms with Gasteiger partial charge in [-0.25, -0.2) is 0 Å². The van der Waals surface area contributed by atoms with Gasteiger partial charge < -0.3 is 10.5 Å². The molecule has 1 saturated carbocycles. The van der Waals surface area contributed by atoms with Crippen LogP contribution in [0, 0.1) is 11.8 Å². The molecule has 90 valence electrons. The summed E-state index contributed by atoms with van der Waals surface area (Å²) >= 11 is 0. The molecule has 3 unspecified atom stereocenters. The second-order valence-electron chi connectivity index (χ2n) is 6.09. The third-order valence-electron chi connectivity index (χ3n) is 3.33. The van der Waals surface area contributed by atoms with Crippen LogP contribution in [0.4, 0.5) is 0 Å². The van der Waals surface area contributed by atoms with Crippen LogP contribution < -0.4 is 5.73 Å². The van der Waals surface area contributed by atoms with Gasteiger partial charge in [0.15, 0.2) is 0 Å². The molecule has 1 aliphatic rings. The first kappa shape index (κ1) is 13.0. The van der Waals surface area contributed by atoms with Crippen molar-refractivity contribution in [3.8, 4) is 0 Å². The number of nitrogens with two attached hydrogens (primary N) is 1. The summed E-state index contributed by atoms with van der Waals surface area (Å²) in [6, 6.07) is 0.407. The molecule has 3 atom stereocenters. The van der Waals surface area contributed by atoms with Gasteiger partial charge in [-0.1, -0.05) is 6.92 Å². The van der Waals surface area contributed by atoms with E-state index in [1.165, 1.54) is 19.3 Å². The van der Waals surface area contributed by atoms with Crippen molar-refractivity contribution >= 4 is 0 Å². The van der Waals surface area contributed by atoms with Gasteiger partial charge in [0.1, 0.15) is 0 Å². The molecular formula is C13H27NO. The average Bonchev–Trinajstić information content (AvgIpc) is 2.09. The van der Waals surface area contributed by atoms with Crippen LogP contribution in [0.1, 0.15) is 53.4 Å². The van der Waals surface area contributed by atoms with Gasteiger partial charge in [-0.15, -0.1) is 0 Å². The maximum absolute atomic E-state index is 6.14. The molecule has 2 N–H and O–H groups in total. The molecule has 0 saturated heterocycles. The summed E-state index contributed by atoms with van der Waals surface area (Å²) in [5.74, 6) is 1.53. The predicted octanol–water partition coefficient (Wildman–Crippen LogP) is 2.96. The minimum atomic E-state index is -0.00955. The molecule has 0 heterocycles. The molecular weight excluding hydrogens is 186 g/mol. The van der Waals surface area contributed by atoms with Gasteiger partial charge in [-0.05, 0) is 58.3 Å². The van der Waals surface area contributed by atoms with Gasteiger partial charge in [0.2, 0.25) is 0 Å². The average molecular weight is 213 g/mol. The van der Waals surface area contributed by atoms with Gasteiger partial charge in [0, 0.05) is 12.6 Å². The lowest BCUT2D eigenvalue weighted by molar-refractivity contribution is -0.0132. The molecule has 0 aliphatic heterocycles. The van der Waals surface area contributed by atoms with E-state index in [4.69, 9.17) is 10.5 Å². The molecule has 0 aromatic heterocycles. The van der Waals surface area contributed by atoms with Crippen LogP contribution in [0.25, 0.3) is 0 Å². The Bertz CT molecular complexity index is 185. The van der Waals surface area contributed by atoms with Crippen molar-refractivity contribution in [3.63, 3.8) is 0 Å². The lowest BCUT2D eigenvalue weighted by Crippen LogP contribution is -2.36. The third kappa shape index (κ3) is 4.98. The molecule has 0 spiro atoms. The largest absolute Gasteiger partial charge is 0.376 e. The topological polar surface area (TPSA) is 35.2 Å². The molecule has 0 bridgehead atoms. The van der Waals surface area contributed by atoms with Crippen LogP contribution in [0.5, 0.6) is 0 Å². The van der Waals surface area contributed by atoms with Crippen molar-refractivity contribution in [3.05, 3.63) is 0 Å². The van der Waals surface area contributed by atoms with E-state index >= 15 is 0 Å². The Labute approximate surface area is 94.6 Å². The van der Waals surface area contributed by atoms with E-state index in [-0.39, 0.29) is 5.60 Å². The van der Waals surface area contributed by atoms with Crippen molar-refractivity contribution in [1.82, 2.24) is 0 Å². The Hall–Kier alpha value is -0.0800. The van der Waals surface area contributed by atoms with Gasteiger partial charge in [0.05, 0.1) is 5.60 Å². The highest BCUT2D eigenvalue weighted by Gasteiger charge is 2.25. The first-order chi connectivity index (χ1) is 6.88. The summed E-state index contributed by atoms with van der Waals surface area (Å²) in [4.78, 5) is 0. The third-order valence-corrected chi connectivity index (χ3v) is 3.33. The van der Waals surface area contributed by atoms with Crippen LogP contribution in [-0.2, 0) is 4.74 Å². The van der Waals surface area contributed by atoms with Crippen LogP contribution in [0.3, 0.4) is 0 Å². The second-order valence-corrected chi connectivity index (χ2v) is 6.09. The first-order valence-corrected chi connectivity index (χ1v) is 6.28. The lowest BCUT2D eigenvalue weighted by Gasteiger charge is -2.33. The van der Waals surface area contributed by atoms with Crippen LogP contribution in [-0.4, -0.2) is 18.2 Å². The zero-order valence-corrected chi connectivity index (χ0v) is 10.8. The van der Waals surface area contributed by atoms with Crippen LogP contribution >= 0.6 is 0 Å². The zero-order valence-electron chi connectivity index (χ0n) is 10.8. The fourth-order valence-electron chi connectivity index (χ4n) is 2.37. The summed E-state index contributed by atoms with van der Waals surface area (Å²) < 4.78 is 5.76. The number of rotatable bonds is 3. The van der Waals surface area contributed by atoms with Crippen LogP contribution in [0.15, 0.2) is 0 Å². The maximum Gasteiger partial charge on any atom is 0.0598 e. The molecule has 0 radical (unpaired) electrons. The van der Waals surface area contributed by atoms with E-state index in [0.29, 0.717) is 12.0 Å². The number of ether oxygens (including phenoxy) is 1. The Morgan fingerprint density at radius 1 is 1.27 bits per heavy atom. The summed E-state index contributed by atoms with van der Waals surface area (Å²) in [6.07, 6.45) is 4.91. The second kappa shape index (κ2) is 5.31. The molecule has 1 rings (SSSR count). The predicted molar refractivity (Wildman–Crippen MR) is 64.8 cm³/mol. The number of hydrogen-bond acceptors (Lipinski definition) is 2. The van der Waals surface area contributed by atoms with Gasteiger partial charge in [-0.3, -0.25) is 0 Å². The fraction of sp³-hybridized carbons (Fsp3) is 1.00. The van der Waals surface area contributed by atoms with E-state index in [0.717, 1.165) is 18.9 Å². The highest BCUT2D eigenvalue weighted by atomic mass is 16.5. The molecule has 0 amide bonds. The number of hydrogen-bond donors (Lipinski definition) is 1. The monoisotopic (exact) mass is 213 g/mol. The molecule has 0 aromatic rings. The maximum atomic E-state index is 6.14. The Balaban J connectivity index is 2.24. The van der Waals surface area contributed by atoms with E-state index in [1.54, 1.807) is 0 Å².